The predicted molar refractivity (Wildman–Crippen MR) is 119 cm³/mol. The van der Waals surface area contributed by atoms with Gasteiger partial charge in [-0.1, -0.05) is 46.9 Å². The molecule has 0 spiro atoms. The molecule has 0 bridgehead atoms. The number of nitrogens with one attached hydrogen (secondary N) is 3. The number of para-hydroxylation sites is 1. The molecule has 1 unspecified atom stereocenters. The standard InChI is InChI=1S/C15H12Cl3N5O4S2/c16-15(17,18)13(21-29-12-4-2-1-3-11(12)23(26)27)20-14(28)19-9-5-7-10(8-6-9)22(24)25/h1-8,13,21H,(H2,19,20,28). The van der Waals surface area contributed by atoms with Gasteiger partial charge in [-0.3, -0.25) is 20.2 Å². The number of halogens is 3. The van der Waals surface area contributed by atoms with Crippen LogP contribution in [-0.2, 0) is 0 Å². The minimum atomic E-state index is -1.86. The van der Waals surface area contributed by atoms with E-state index in [1.54, 1.807) is 12.1 Å². The molecule has 0 aliphatic rings. The lowest BCUT2D eigenvalue weighted by Crippen LogP contribution is -2.52. The van der Waals surface area contributed by atoms with Gasteiger partial charge in [0.1, 0.15) is 11.1 Å². The molecule has 0 fully saturated rings. The second-order valence-electron chi connectivity index (χ2n) is 5.32. The van der Waals surface area contributed by atoms with Gasteiger partial charge in [-0.2, -0.15) is 0 Å². The average Bonchev–Trinajstić information content (AvgIpc) is 2.64. The lowest BCUT2D eigenvalue weighted by molar-refractivity contribution is -0.387. The van der Waals surface area contributed by atoms with Crippen molar-refractivity contribution in [2.24, 2.45) is 0 Å². The minimum absolute atomic E-state index is 0.0610. The first-order valence-electron chi connectivity index (χ1n) is 7.62. The van der Waals surface area contributed by atoms with Crippen LogP contribution in [0.1, 0.15) is 0 Å². The monoisotopic (exact) mass is 495 g/mol. The number of alkyl halides is 3. The van der Waals surface area contributed by atoms with E-state index in [-0.39, 0.29) is 16.5 Å². The van der Waals surface area contributed by atoms with Crippen LogP contribution in [0.2, 0.25) is 0 Å². The van der Waals surface area contributed by atoms with E-state index >= 15 is 0 Å². The summed E-state index contributed by atoms with van der Waals surface area (Å²) in [5, 5.41) is 27.4. The van der Waals surface area contributed by atoms with E-state index in [0.717, 1.165) is 11.9 Å². The van der Waals surface area contributed by atoms with E-state index in [4.69, 9.17) is 47.0 Å². The molecule has 0 aliphatic heterocycles. The summed E-state index contributed by atoms with van der Waals surface area (Å²) >= 11 is 24.0. The van der Waals surface area contributed by atoms with Crippen LogP contribution in [0.15, 0.2) is 53.4 Å². The number of nitro groups is 2. The van der Waals surface area contributed by atoms with Gasteiger partial charge < -0.3 is 10.6 Å². The lowest BCUT2D eigenvalue weighted by atomic mass is 10.3. The van der Waals surface area contributed by atoms with Gasteiger partial charge >= 0.3 is 0 Å². The number of hydrogen-bond acceptors (Lipinski definition) is 7. The van der Waals surface area contributed by atoms with E-state index < -0.39 is 19.8 Å². The summed E-state index contributed by atoms with van der Waals surface area (Å²) in [6.45, 7) is 0. The smallest absolute Gasteiger partial charge is 0.284 e. The third-order valence-electron chi connectivity index (χ3n) is 3.29. The molecule has 0 heterocycles. The number of nitro benzene ring substituents is 2. The Kier molecular flexibility index (Phi) is 8.25. The van der Waals surface area contributed by atoms with Crippen LogP contribution in [0.5, 0.6) is 0 Å². The normalized spacial score (nSPS) is 12.1. The van der Waals surface area contributed by atoms with Gasteiger partial charge in [-0.05, 0) is 42.4 Å². The number of nitrogens with zero attached hydrogens (tertiary/aromatic N) is 2. The van der Waals surface area contributed by atoms with Crippen LogP contribution in [0.4, 0.5) is 17.1 Å². The van der Waals surface area contributed by atoms with Crippen molar-refractivity contribution in [1.29, 1.82) is 0 Å². The van der Waals surface area contributed by atoms with E-state index in [2.05, 4.69) is 15.4 Å². The maximum absolute atomic E-state index is 11.1. The fourth-order valence-electron chi connectivity index (χ4n) is 1.96. The zero-order chi connectivity index (χ0) is 21.6. The van der Waals surface area contributed by atoms with Crippen LogP contribution in [0.3, 0.4) is 0 Å². The van der Waals surface area contributed by atoms with Crippen molar-refractivity contribution in [3.8, 4) is 0 Å². The quantitative estimate of drug-likeness (QED) is 0.124. The minimum Gasteiger partial charge on any atom is -0.343 e. The molecule has 14 heteroatoms. The third-order valence-corrected chi connectivity index (χ3v) is 5.08. The summed E-state index contributed by atoms with van der Waals surface area (Å²) in [5.74, 6) is 0. The van der Waals surface area contributed by atoms with Gasteiger partial charge in [0.15, 0.2) is 5.11 Å². The summed E-state index contributed by atoms with van der Waals surface area (Å²) in [6.07, 6.45) is -1.03. The predicted octanol–water partition coefficient (Wildman–Crippen LogP) is 4.78. The van der Waals surface area contributed by atoms with Crippen LogP contribution in [0, 0.1) is 20.2 Å². The van der Waals surface area contributed by atoms with Crippen molar-refractivity contribution in [2.45, 2.75) is 14.9 Å². The first kappa shape index (κ1) is 23.4. The molecule has 0 saturated heterocycles. The molecule has 1 atom stereocenters. The second kappa shape index (κ2) is 10.2. The summed E-state index contributed by atoms with van der Waals surface area (Å²) in [4.78, 5) is 21.1. The fourth-order valence-corrected chi connectivity index (χ4v) is 3.59. The third kappa shape index (κ3) is 7.14. The molecule has 2 aromatic carbocycles. The Morgan fingerprint density at radius 1 is 1.03 bits per heavy atom. The Morgan fingerprint density at radius 2 is 1.66 bits per heavy atom. The Labute approximate surface area is 189 Å². The van der Waals surface area contributed by atoms with Gasteiger partial charge in [0.2, 0.25) is 3.79 Å². The molecule has 29 heavy (non-hydrogen) atoms. The van der Waals surface area contributed by atoms with Crippen molar-refractivity contribution in [2.75, 3.05) is 5.32 Å². The van der Waals surface area contributed by atoms with Gasteiger partial charge in [0, 0.05) is 23.9 Å². The topological polar surface area (TPSA) is 122 Å². The molecular weight excluding hydrogens is 485 g/mol. The van der Waals surface area contributed by atoms with E-state index in [1.807, 2.05) is 0 Å². The van der Waals surface area contributed by atoms with Gasteiger partial charge in [-0.25, -0.2) is 4.72 Å². The van der Waals surface area contributed by atoms with Crippen LogP contribution < -0.4 is 15.4 Å². The van der Waals surface area contributed by atoms with E-state index in [1.165, 1.54) is 36.4 Å². The number of rotatable bonds is 7. The van der Waals surface area contributed by atoms with Crippen LogP contribution >= 0.6 is 59.0 Å². The van der Waals surface area contributed by atoms with Crippen LogP contribution in [0.25, 0.3) is 0 Å². The summed E-state index contributed by atoms with van der Waals surface area (Å²) in [6, 6.07) is 11.6. The number of thiocarbonyl (C=S) groups is 1. The largest absolute Gasteiger partial charge is 0.343 e. The molecule has 0 saturated carbocycles. The Morgan fingerprint density at radius 3 is 2.21 bits per heavy atom. The Balaban J connectivity index is 2.04. The number of hydrogen-bond donors (Lipinski definition) is 3. The Bertz CT molecular complexity index is 912. The molecule has 3 N–H and O–H groups in total. The molecule has 0 aliphatic carbocycles. The molecule has 0 amide bonds. The van der Waals surface area contributed by atoms with Crippen molar-refractivity contribution < 1.29 is 9.85 Å². The maximum atomic E-state index is 11.1. The zero-order valence-electron chi connectivity index (χ0n) is 14.2. The number of benzene rings is 2. The first-order chi connectivity index (χ1) is 13.6. The van der Waals surface area contributed by atoms with Gasteiger partial charge in [0.05, 0.1) is 9.85 Å². The molecule has 2 rings (SSSR count). The lowest BCUT2D eigenvalue weighted by Gasteiger charge is -2.27. The maximum Gasteiger partial charge on any atom is 0.284 e. The van der Waals surface area contributed by atoms with Crippen molar-refractivity contribution in [1.82, 2.24) is 10.0 Å². The highest BCUT2D eigenvalue weighted by atomic mass is 35.6. The summed E-state index contributed by atoms with van der Waals surface area (Å²) < 4.78 is 0.937. The van der Waals surface area contributed by atoms with Gasteiger partial charge in [0.25, 0.3) is 11.4 Å². The van der Waals surface area contributed by atoms with Crippen molar-refractivity contribution in [3.63, 3.8) is 0 Å². The molecular formula is C15H12Cl3N5O4S2. The highest BCUT2D eigenvalue weighted by Gasteiger charge is 2.34. The zero-order valence-corrected chi connectivity index (χ0v) is 18.1. The number of anilines is 1. The van der Waals surface area contributed by atoms with Crippen molar-refractivity contribution >= 4 is 81.1 Å². The second-order valence-corrected chi connectivity index (χ2v) is 8.98. The average molecular weight is 497 g/mol. The van der Waals surface area contributed by atoms with Crippen molar-refractivity contribution in [3.05, 3.63) is 68.8 Å². The summed E-state index contributed by atoms with van der Waals surface area (Å²) in [5.41, 5.74) is 0.290. The fraction of sp³-hybridized carbons (Fsp3) is 0.133. The van der Waals surface area contributed by atoms with Gasteiger partial charge in [-0.15, -0.1) is 0 Å². The highest BCUT2D eigenvalue weighted by Crippen LogP contribution is 2.33. The van der Waals surface area contributed by atoms with E-state index in [9.17, 15) is 20.2 Å². The van der Waals surface area contributed by atoms with Crippen LogP contribution in [-0.4, -0.2) is 24.9 Å². The van der Waals surface area contributed by atoms with E-state index in [0.29, 0.717) is 10.6 Å². The molecule has 2 aromatic rings. The summed E-state index contributed by atoms with van der Waals surface area (Å²) in [7, 11) is 0. The number of non-ortho nitro benzene ring substituents is 1. The molecule has 0 aromatic heterocycles. The molecule has 154 valence electrons. The first-order valence-corrected chi connectivity index (χ1v) is 9.98. The SMILES string of the molecule is O=[N+]([O-])c1ccc(NC(=S)NC(NSc2ccccc2[N+](=O)[O-])C(Cl)(Cl)Cl)cc1. The highest BCUT2D eigenvalue weighted by molar-refractivity contribution is 7.97. The molecule has 0 radical (unpaired) electrons. The Hall–Kier alpha value is -1.89. The molecule has 9 nitrogen and oxygen atoms in total.